The van der Waals surface area contributed by atoms with Gasteiger partial charge in [-0.2, -0.15) is 0 Å². The Balaban J connectivity index is 1.63. The van der Waals surface area contributed by atoms with Gasteiger partial charge in [0.25, 0.3) is 0 Å². The Morgan fingerprint density at radius 2 is 1.48 bits per heavy atom. The minimum absolute atomic E-state index is 0.718. The highest BCUT2D eigenvalue weighted by Crippen LogP contribution is 2.17. The Kier molecular flexibility index (Phi) is 4.81. The van der Waals surface area contributed by atoms with E-state index >= 15 is 0 Å². The first-order valence-corrected chi connectivity index (χ1v) is 8.10. The van der Waals surface area contributed by atoms with Crippen LogP contribution in [0.1, 0.15) is 12.0 Å². The average Bonchev–Trinajstić information content (AvgIpc) is 2.57. The van der Waals surface area contributed by atoms with Gasteiger partial charge in [-0.1, -0.05) is 30.3 Å². The van der Waals surface area contributed by atoms with Gasteiger partial charge >= 0.3 is 0 Å². The van der Waals surface area contributed by atoms with E-state index in [1.165, 1.54) is 12.0 Å². The van der Waals surface area contributed by atoms with E-state index in [0.717, 1.165) is 37.0 Å². The maximum atomic E-state index is 4.78. The fourth-order valence-corrected chi connectivity index (χ4v) is 2.82. The van der Waals surface area contributed by atoms with E-state index in [-0.39, 0.29) is 0 Å². The molecular formula is C19H24N4. The molecule has 1 N–H and O–H groups in total. The molecule has 4 nitrogen and oxygen atoms in total. The smallest absolute Gasteiger partial charge is 0.196 e. The molecule has 0 aromatic heterocycles. The van der Waals surface area contributed by atoms with Gasteiger partial charge in [0.15, 0.2) is 5.96 Å². The molecule has 3 rings (SSSR count). The molecule has 1 saturated heterocycles. The molecule has 120 valence electrons. The third-order valence-corrected chi connectivity index (χ3v) is 4.09. The molecule has 0 radical (unpaired) electrons. The summed E-state index contributed by atoms with van der Waals surface area (Å²) in [6, 6.07) is 18.7. The van der Waals surface area contributed by atoms with Gasteiger partial charge in [-0.15, -0.1) is 0 Å². The van der Waals surface area contributed by atoms with Crippen molar-refractivity contribution >= 4 is 17.3 Å². The van der Waals surface area contributed by atoms with E-state index < -0.39 is 0 Å². The van der Waals surface area contributed by atoms with Crippen molar-refractivity contribution in [2.24, 2.45) is 4.99 Å². The normalized spacial score (nSPS) is 14.8. The summed E-state index contributed by atoms with van der Waals surface area (Å²) >= 11 is 0. The Morgan fingerprint density at radius 3 is 2.13 bits per heavy atom. The van der Waals surface area contributed by atoms with E-state index in [4.69, 9.17) is 4.99 Å². The lowest BCUT2D eigenvalue weighted by molar-refractivity contribution is 0.316. The van der Waals surface area contributed by atoms with Crippen molar-refractivity contribution in [1.82, 2.24) is 9.80 Å². The van der Waals surface area contributed by atoms with Crippen LogP contribution in [0.5, 0.6) is 0 Å². The highest BCUT2D eigenvalue weighted by Gasteiger charge is 2.16. The van der Waals surface area contributed by atoms with E-state index in [0.29, 0.717) is 0 Å². The van der Waals surface area contributed by atoms with Crippen LogP contribution in [0.4, 0.5) is 11.4 Å². The minimum atomic E-state index is 0.718. The second kappa shape index (κ2) is 7.18. The molecule has 0 unspecified atom stereocenters. The van der Waals surface area contributed by atoms with Gasteiger partial charge in [-0.05, 0) is 36.2 Å². The largest absolute Gasteiger partial charge is 0.356 e. The number of aliphatic imine (C=N–C) groups is 1. The van der Waals surface area contributed by atoms with Crippen LogP contribution in [0.2, 0.25) is 0 Å². The first-order valence-electron chi connectivity index (χ1n) is 8.10. The first-order chi connectivity index (χ1) is 11.2. The second-order valence-electron chi connectivity index (χ2n) is 6.00. The number of hydrogen-bond acceptors (Lipinski definition) is 2. The summed E-state index contributed by atoms with van der Waals surface area (Å²) in [6.07, 6.45) is 1.20. The molecule has 2 aromatic rings. The number of nitrogens with one attached hydrogen (secondary N) is 1. The highest BCUT2D eigenvalue weighted by atomic mass is 15.4. The van der Waals surface area contributed by atoms with E-state index in [9.17, 15) is 0 Å². The van der Waals surface area contributed by atoms with Crippen LogP contribution in [0.25, 0.3) is 0 Å². The summed E-state index contributed by atoms with van der Waals surface area (Å²) in [5.74, 6) is 1.09. The third kappa shape index (κ3) is 4.03. The lowest BCUT2D eigenvalue weighted by Gasteiger charge is -2.34. The molecule has 0 atom stereocenters. The topological polar surface area (TPSA) is 30.9 Å². The van der Waals surface area contributed by atoms with Crippen LogP contribution < -0.4 is 5.32 Å². The zero-order valence-electron chi connectivity index (χ0n) is 13.9. The molecular weight excluding hydrogens is 284 g/mol. The standard InChI is InChI=1S/C19H24N4/c1-22-13-6-14-23(2)19(22)20-15-16-9-11-18(12-10-16)21-17-7-4-3-5-8-17/h3-5,7-12,21H,6,13-15H2,1-2H3. The molecule has 1 fully saturated rings. The molecule has 0 amide bonds. The number of anilines is 2. The zero-order valence-corrected chi connectivity index (χ0v) is 13.9. The maximum absolute atomic E-state index is 4.78. The number of guanidine groups is 1. The summed E-state index contributed by atoms with van der Waals surface area (Å²) in [4.78, 5) is 9.24. The summed E-state index contributed by atoms with van der Waals surface area (Å²) in [5.41, 5.74) is 3.42. The molecule has 23 heavy (non-hydrogen) atoms. The molecule has 0 spiro atoms. The van der Waals surface area contributed by atoms with Gasteiger partial charge in [-0.3, -0.25) is 0 Å². The minimum Gasteiger partial charge on any atom is -0.356 e. The molecule has 1 heterocycles. The number of rotatable bonds is 4. The van der Waals surface area contributed by atoms with Crippen LogP contribution >= 0.6 is 0 Å². The van der Waals surface area contributed by atoms with Crippen LogP contribution in [-0.2, 0) is 6.54 Å². The number of para-hydroxylation sites is 1. The van der Waals surface area contributed by atoms with Crippen LogP contribution in [-0.4, -0.2) is 42.9 Å². The molecule has 1 aliphatic heterocycles. The lowest BCUT2D eigenvalue weighted by Crippen LogP contribution is -2.46. The predicted octanol–water partition coefficient (Wildman–Crippen LogP) is 3.55. The Morgan fingerprint density at radius 1 is 0.870 bits per heavy atom. The average molecular weight is 308 g/mol. The predicted molar refractivity (Wildman–Crippen MR) is 97.2 cm³/mol. The van der Waals surface area contributed by atoms with Gasteiger partial charge in [0.2, 0.25) is 0 Å². The number of nitrogens with zero attached hydrogens (tertiary/aromatic N) is 3. The third-order valence-electron chi connectivity index (χ3n) is 4.09. The molecule has 4 heteroatoms. The van der Waals surface area contributed by atoms with E-state index in [1.54, 1.807) is 0 Å². The summed E-state index contributed by atoms with van der Waals surface area (Å²) in [7, 11) is 4.22. The van der Waals surface area contributed by atoms with E-state index in [1.807, 2.05) is 18.2 Å². The van der Waals surface area contributed by atoms with Crippen molar-refractivity contribution in [3.8, 4) is 0 Å². The Labute approximate surface area is 138 Å². The SMILES string of the molecule is CN1CCCN(C)C1=NCc1ccc(Nc2ccccc2)cc1. The first kappa shape index (κ1) is 15.4. The molecule has 0 bridgehead atoms. The summed E-state index contributed by atoms with van der Waals surface area (Å²) in [5, 5.41) is 3.40. The fraction of sp³-hybridized carbons (Fsp3) is 0.316. The molecule has 2 aromatic carbocycles. The summed E-state index contributed by atoms with van der Waals surface area (Å²) < 4.78 is 0. The van der Waals surface area contributed by atoms with Crippen molar-refractivity contribution in [3.05, 3.63) is 60.2 Å². The Bertz CT molecular complexity index is 637. The van der Waals surface area contributed by atoms with Crippen molar-refractivity contribution < 1.29 is 0 Å². The second-order valence-corrected chi connectivity index (χ2v) is 6.00. The van der Waals surface area contributed by atoms with Gasteiger partial charge in [-0.25, -0.2) is 4.99 Å². The maximum Gasteiger partial charge on any atom is 0.196 e. The van der Waals surface area contributed by atoms with Gasteiger partial charge in [0, 0.05) is 38.6 Å². The van der Waals surface area contributed by atoms with Crippen molar-refractivity contribution in [1.29, 1.82) is 0 Å². The molecule has 0 saturated carbocycles. The van der Waals surface area contributed by atoms with Crippen molar-refractivity contribution in [2.75, 3.05) is 32.5 Å². The summed E-state index contributed by atoms with van der Waals surface area (Å²) in [6.45, 7) is 2.89. The molecule has 0 aliphatic carbocycles. The zero-order chi connectivity index (χ0) is 16.1. The Hall–Kier alpha value is -2.49. The lowest BCUT2D eigenvalue weighted by atomic mass is 10.2. The quantitative estimate of drug-likeness (QED) is 0.937. The van der Waals surface area contributed by atoms with Gasteiger partial charge < -0.3 is 15.1 Å². The molecule has 1 aliphatic rings. The van der Waals surface area contributed by atoms with Gasteiger partial charge in [0.05, 0.1) is 6.54 Å². The fourth-order valence-electron chi connectivity index (χ4n) is 2.82. The number of hydrogen-bond donors (Lipinski definition) is 1. The number of benzene rings is 2. The van der Waals surface area contributed by atoms with Crippen LogP contribution in [0.3, 0.4) is 0 Å². The van der Waals surface area contributed by atoms with Crippen molar-refractivity contribution in [2.45, 2.75) is 13.0 Å². The van der Waals surface area contributed by atoms with E-state index in [2.05, 4.69) is 65.6 Å². The van der Waals surface area contributed by atoms with Crippen molar-refractivity contribution in [3.63, 3.8) is 0 Å². The van der Waals surface area contributed by atoms with Crippen LogP contribution in [0, 0.1) is 0 Å². The highest BCUT2D eigenvalue weighted by molar-refractivity contribution is 5.80. The monoisotopic (exact) mass is 308 g/mol. The van der Waals surface area contributed by atoms with Gasteiger partial charge in [0.1, 0.15) is 0 Å². The van der Waals surface area contributed by atoms with Crippen LogP contribution in [0.15, 0.2) is 59.6 Å².